The van der Waals surface area contributed by atoms with Crippen molar-refractivity contribution < 1.29 is 12.8 Å². The molecule has 3 aromatic rings. The first-order valence-electron chi connectivity index (χ1n) is 6.47. The van der Waals surface area contributed by atoms with E-state index in [-0.39, 0.29) is 21.3 Å². The highest BCUT2D eigenvalue weighted by atomic mass is 35.5. The molecule has 0 aliphatic rings. The Labute approximate surface area is 136 Å². The highest BCUT2D eigenvalue weighted by Crippen LogP contribution is 2.24. The van der Waals surface area contributed by atoms with E-state index in [4.69, 9.17) is 21.8 Å². The molecule has 3 N–H and O–H groups in total. The number of halogens is 1. The van der Waals surface area contributed by atoms with E-state index in [2.05, 4.69) is 4.72 Å². The lowest BCUT2D eigenvalue weighted by molar-refractivity contribution is 0.563. The Kier molecular flexibility index (Phi) is 3.75. The average Bonchev–Trinajstić information content (AvgIpc) is 2.50. The van der Waals surface area contributed by atoms with Crippen LogP contribution >= 0.6 is 11.6 Å². The smallest absolute Gasteiger partial charge is 0.360 e. The van der Waals surface area contributed by atoms with Gasteiger partial charge in [0.2, 0.25) is 0 Å². The Balaban J connectivity index is 2.05. The standard InChI is InChI=1S/C15H11ClN2O4S/c16-11-8-10(5-6-12(11)17)23(20,21)18-13-7-9-3-1-2-4-14(9)22-15(13)19/h1-8,18H,17H2. The molecule has 0 saturated heterocycles. The number of anilines is 2. The summed E-state index contributed by atoms with van der Waals surface area (Å²) < 4.78 is 32.0. The lowest BCUT2D eigenvalue weighted by Gasteiger charge is -2.08. The summed E-state index contributed by atoms with van der Waals surface area (Å²) in [5, 5.41) is 0.707. The zero-order chi connectivity index (χ0) is 16.6. The fourth-order valence-electron chi connectivity index (χ4n) is 2.01. The molecule has 0 aliphatic carbocycles. The summed E-state index contributed by atoms with van der Waals surface area (Å²) in [6.45, 7) is 0. The predicted octanol–water partition coefficient (Wildman–Crippen LogP) is 2.83. The topological polar surface area (TPSA) is 102 Å². The number of fused-ring (bicyclic) bond motifs is 1. The number of nitrogen functional groups attached to an aromatic ring is 1. The maximum absolute atomic E-state index is 12.4. The summed E-state index contributed by atoms with van der Waals surface area (Å²) in [6.07, 6.45) is 0. The minimum atomic E-state index is -3.99. The third kappa shape index (κ3) is 3.01. The van der Waals surface area contributed by atoms with Crippen LogP contribution in [0.15, 0.2) is 62.6 Å². The van der Waals surface area contributed by atoms with Crippen molar-refractivity contribution in [2.45, 2.75) is 4.90 Å². The van der Waals surface area contributed by atoms with Crippen LogP contribution in [0.5, 0.6) is 0 Å². The molecule has 0 spiro atoms. The van der Waals surface area contributed by atoms with Gasteiger partial charge in [-0.05, 0) is 30.3 Å². The molecule has 0 aliphatic heterocycles. The lowest BCUT2D eigenvalue weighted by atomic mass is 10.2. The predicted molar refractivity (Wildman–Crippen MR) is 89.2 cm³/mol. The van der Waals surface area contributed by atoms with E-state index in [1.54, 1.807) is 24.3 Å². The number of sulfonamides is 1. The molecule has 0 saturated carbocycles. The third-order valence-corrected chi connectivity index (χ3v) is 4.86. The van der Waals surface area contributed by atoms with Gasteiger partial charge in [-0.2, -0.15) is 0 Å². The number of para-hydroxylation sites is 1. The number of hydrogen-bond acceptors (Lipinski definition) is 5. The molecular weight excluding hydrogens is 340 g/mol. The van der Waals surface area contributed by atoms with Crippen LogP contribution in [0.3, 0.4) is 0 Å². The van der Waals surface area contributed by atoms with Gasteiger partial charge in [-0.25, -0.2) is 13.2 Å². The average molecular weight is 351 g/mol. The third-order valence-electron chi connectivity index (χ3n) is 3.17. The molecule has 3 rings (SSSR count). The Morgan fingerprint density at radius 2 is 1.83 bits per heavy atom. The van der Waals surface area contributed by atoms with Crippen molar-refractivity contribution in [1.29, 1.82) is 0 Å². The minimum Gasteiger partial charge on any atom is -0.421 e. The van der Waals surface area contributed by atoms with Gasteiger partial charge >= 0.3 is 5.63 Å². The van der Waals surface area contributed by atoms with Crippen LogP contribution in [0.25, 0.3) is 11.0 Å². The number of nitrogens with one attached hydrogen (secondary N) is 1. The molecule has 1 aromatic heterocycles. The highest BCUT2D eigenvalue weighted by Gasteiger charge is 2.18. The molecule has 1 heterocycles. The number of nitrogens with two attached hydrogens (primary N) is 1. The Hall–Kier alpha value is -2.51. The molecule has 8 heteroatoms. The van der Waals surface area contributed by atoms with Gasteiger partial charge in [-0.3, -0.25) is 4.72 Å². The van der Waals surface area contributed by atoms with E-state index < -0.39 is 15.6 Å². The highest BCUT2D eigenvalue weighted by molar-refractivity contribution is 7.92. The quantitative estimate of drug-likeness (QED) is 0.558. The van der Waals surface area contributed by atoms with Gasteiger partial charge < -0.3 is 10.2 Å². The summed E-state index contributed by atoms with van der Waals surface area (Å²) in [7, 11) is -3.99. The Morgan fingerprint density at radius 3 is 2.57 bits per heavy atom. The van der Waals surface area contributed by atoms with Crippen molar-refractivity contribution >= 4 is 44.0 Å². The van der Waals surface area contributed by atoms with Crippen LogP contribution in [0.2, 0.25) is 5.02 Å². The van der Waals surface area contributed by atoms with Gasteiger partial charge in [0.15, 0.2) is 0 Å². The molecule has 0 radical (unpaired) electrons. The van der Waals surface area contributed by atoms with Gasteiger partial charge in [-0.15, -0.1) is 0 Å². The fourth-order valence-corrected chi connectivity index (χ4v) is 3.33. The maximum Gasteiger partial charge on any atom is 0.360 e. The molecule has 0 unspecified atom stereocenters. The molecular formula is C15H11ClN2O4S. The molecule has 0 bridgehead atoms. The number of rotatable bonds is 3. The van der Waals surface area contributed by atoms with Crippen molar-refractivity contribution in [1.82, 2.24) is 0 Å². The summed E-state index contributed by atoms with van der Waals surface area (Å²) in [4.78, 5) is 11.8. The molecule has 6 nitrogen and oxygen atoms in total. The van der Waals surface area contributed by atoms with Crippen molar-refractivity contribution in [3.63, 3.8) is 0 Å². The van der Waals surface area contributed by atoms with Gasteiger partial charge in [0.05, 0.1) is 15.6 Å². The van der Waals surface area contributed by atoms with Crippen LogP contribution in [0.4, 0.5) is 11.4 Å². The molecule has 0 fully saturated rings. The summed E-state index contributed by atoms with van der Waals surface area (Å²) in [5.74, 6) is 0. The second kappa shape index (κ2) is 5.60. The van der Waals surface area contributed by atoms with E-state index in [0.717, 1.165) is 0 Å². The molecule has 0 atom stereocenters. The zero-order valence-electron chi connectivity index (χ0n) is 11.6. The first-order valence-corrected chi connectivity index (χ1v) is 8.34. The van der Waals surface area contributed by atoms with Gasteiger partial charge in [0, 0.05) is 5.39 Å². The van der Waals surface area contributed by atoms with E-state index in [1.807, 2.05) is 0 Å². The number of hydrogen-bond donors (Lipinski definition) is 2. The molecule has 0 amide bonds. The molecule has 23 heavy (non-hydrogen) atoms. The molecule has 2 aromatic carbocycles. The van der Waals surface area contributed by atoms with E-state index in [1.165, 1.54) is 24.3 Å². The van der Waals surface area contributed by atoms with Crippen LogP contribution in [0.1, 0.15) is 0 Å². The van der Waals surface area contributed by atoms with Crippen LogP contribution < -0.4 is 16.1 Å². The number of benzene rings is 2. The Morgan fingerprint density at radius 1 is 1.09 bits per heavy atom. The summed E-state index contributed by atoms with van der Waals surface area (Å²) in [6, 6.07) is 12.1. The zero-order valence-corrected chi connectivity index (χ0v) is 13.2. The van der Waals surface area contributed by atoms with Gasteiger partial charge in [-0.1, -0.05) is 29.8 Å². The van der Waals surface area contributed by atoms with Gasteiger partial charge in [0.25, 0.3) is 10.0 Å². The van der Waals surface area contributed by atoms with Crippen molar-refractivity contribution in [2.24, 2.45) is 0 Å². The van der Waals surface area contributed by atoms with Crippen LogP contribution in [-0.2, 0) is 10.0 Å². The SMILES string of the molecule is Nc1ccc(S(=O)(=O)Nc2cc3ccccc3oc2=O)cc1Cl. The first-order chi connectivity index (χ1) is 10.9. The monoisotopic (exact) mass is 350 g/mol. The van der Waals surface area contributed by atoms with Crippen molar-refractivity contribution in [3.8, 4) is 0 Å². The molecule has 118 valence electrons. The summed E-state index contributed by atoms with van der Waals surface area (Å²) in [5.41, 5.74) is 5.22. The van der Waals surface area contributed by atoms with Crippen LogP contribution in [-0.4, -0.2) is 8.42 Å². The Bertz CT molecular complexity index is 1060. The fraction of sp³-hybridized carbons (Fsp3) is 0. The first kappa shape index (κ1) is 15.4. The van der Waals surface area contributed by atoms with Crippen LogP contribution in [0, 0.1) is 0 Å². The maximum atomic E-state index is 12.4. The van der Waals surface area contributed by atoms with E-state index in [9.17, 15) is 13.2 Å². The lowest BCUT2D eigenvalue weighted by Crippen LogP contribution is -2.18. The summed E-state index contributed by atoms with van der Waals surface area (Å²) >= 11 is 5.83. The van der Waals surface area contributed by atoms with Gasteiger partial charge in [0.1, 0.15) is 11.3 Å². The second-order valence-corrected chi connectivity index (χ2v) is 6.86. The normalized spacial score (nSPS) is 11.5. The second-order valence-electron chi connectivity index (χ2n) is 4.77. The van der Waals surface area contributed by atoms with Crippen molar-refractivity contribution in [2.75, 3.05) is 10.5 Å². The van der Waals surface area contributed by atoms with E-state index in [0.29, 0.717) is 11.0 Å². The van der Waals surface area contributed by atoms with Crippen molar-refractivity contribution in [3.05, 3.63) is 64.0 Å². The van der Waals surface area contributed by atoms with E-state index >= 15 is 0 Å². The largest absolute Gasteiger partial charge is 0.421 e. The minimum absolute atomic E-state index is 0.107.